The highest BCUT2D eigenvalue weighted by atomic mass is 16.5. The summed E-state index contributed by atoms with van der Waals surface area (Å²) in [7, 11) is 0. The van der Waals surface area contributed by atoms with Gasteiger partial charge in [0.2, 0.25) is 0 Å². The summed E-state index contributed by atoms with van der Waals surface area (Å²) in [5, 5.41) is 17.8. The fraction of sp³-hybridized carbons (Fsp3) is 0.903. The molecule has 0 saturated heterocycles. The third kappa shape index (κ3) is 36.7. The SMILES string of the molecule is C=O.CCCCCCCCCCCCOC(=O)C(C)O.CCCCCCCCCCCCOC(=O)C(C)O. The fourth-order valence-corrected chi connectivity index (χ4v) is 3.77. The third-order valence-electron chi connectivity index (χ3n) is 6.17. The molecule has 38 heavy (non-hydrogen) atoms. The number of ether oxygens (including phenoxy) is 2. The van der Waals surface area contributed by atoms with Crippen LogP contribution in [0.5, 0.6) is 0 Å². The van der Waals surface area contributed by atoms with Crippen molar-refractivity contribution in [1.29, 1.82) is 0 Å². The number of aliphatic hydroxyl groups excluding tert-OH is 2. The van der Waals surface area contributed by atoms with Crippen LogP contribution in [0.3, 0.4) is 0 Å². The minimum Gasteiger partial charge on any atom is -0.464 e. The van der Waals surface area contributed by atoms with E-state index in [-0.39, 0.29) is 0 Å². The molecule has 228 valence electrons. The summed E-state index contributed by atoms with van der Waals surface area (Å²) in [5.41, 5.74) is 0. The number of carbonyl (C=O) groups is 3. The van der Waals surface area contributed by atoms with E-state index in [4.69, 9.17) is 24.5 Å². The molecule has 0 aromatic rings. The predicted molar refractivity (Wildman–Crippen MR) is 156 cm³/mol. The quantitative estimate of drug-likeness (QED) is 0.0953. The first-order valence-corrected chi connectivity index (χ1v) is 15.3. The van der Waals surface area contributed by atoms with Crippen LogP contribution in [0.4, 0.5) is 0 Å². The van der Waals surface area contributed by atoms with Crippen LogP contribution in [0.15, 0.2) is 0 Å². The molecule has 0 aliphatic rings. The van der Waals surface area contributed by atoms with E-state index in [2.05, 4.69) is 13.8 Å². The van der Waals surface area contributed by atoms with E-state index in [0.717, 1.165) is 25.7 Å². The lowest BCUT2D eigenvalue weighted by atomic mass is 10.1. The summed E-state index contributed by atoms with van der Waals surface area (Å²) in [4.78, 5) is 29.9. The molecule has 0 rings (SSSR count). The lowest BCUT2D eigenvalue weighted by Gasteiger charge is -2.06. The van der Waals surface area contributed by atoms with Crippen molar-refractivity contribution in [3.63, 3.8) is 0 Å². The summed E-state index contributed by atoms with van der Waals surface area (Å²) >= 11 is 0. The Morgan fingerprint density at radius 1 is 0.500 bits per heavy atom. The molecule has 0 aliphatic heterocycles. The van der Waals surface area contributed by atoms with E-state index < -0.39 is 24.1 Å². The van der Waals surface area contributed by atoms with E-state index in [1.165, 1.54) is 117 Å². The van der Waals surface area contributed by atoms with Gasteiger partial charge in [0.15, 0.2) is 0 Å². The number of rotatable bonds is 24. The summed E-state index contributed by atoms with van der Waals surface area (Å²) in [5.74, 6) is -1.02. The van der Waals surface area contributed by atoms with Crippen LogP contribution in [0.25, 0.3) is 0 Å². The molecule has 7 heteroatoms. The molecular weight excluding hydrogens is 484 g/mol. The van der Waals surface area contributed by atoms with Gasteiger partial charge in [0.25, 0.3) is 0 Å². The molecule has 7 nitrogen and oxygen atoms in total. The first-order valence-electron chi connectivity index (χ1n) is 15.3. The average Bonchev–Trinajstić information content (AvgIpc) is 2.91. The molecule has 0 aliphatic carbocycles. The summed E-state index contributed by atoms with van der Waals surface area (Å²) < 4.78 is 9.77. The van der Waals surface area contributed by atoms with Gasteiger partial charge in [0, 0.05) is 0 Å². The molecule has 0 spiro atoms. The van der Waals surface area contributed by atoms with Crippen LogP contribution in [-0.4, -0.2) is 54.4 Å². The lowest BCUT2D eigenvalue weighted by Crippen LogP contribution is -2.19. The van der Waals surface area contributed by atoms with Crippen molar-refractivity contribution in [1.82, 2.24) is 0 Å². The van der Waals surface area contributed by atoms with E-state index in [9.17, 15) is 9.59 Å². The Bertz CT molecular complexity index is 439. The molecule has 0 aromatic heterocycles. The van der Waals surface area contributed by atoms with Crippen LogP contribution in [0, 0.1) is 0 Å². The van der Waals surface area contributed by atoms with E-state index >= 15 is 0 Å². The predicted octanol–water partition coefficient (Wildman–Crippen LogP) is 7.48. The Hall–Kier alpha value is -1.47. The molecular formula is C31H62O7. The molecule has 2 unspecified atom stereocenters. The highest BCUT2D eigenvalue weighted by Crippen LogP contribution is 2.11. The Morgan fingerprint density at radius 3 is 0.921 bits per heavy atom. The Labute approximate surface area is 234 Å². The second kappa shape index (κ2) is 35.5. The standard InChI is InChI=1S/2C15H30O3.CH2O/c2*1-3-4-5-6-7-8-9-10-11-12-13-18-15(17)14(2)16;1-2/h2*14,16H,3-13H2,1-2H3;1H2. The second-order valence-corrected chi connectivity index (χ2v) is 10.1. The minimum absolute atomic E-state index is 0.445. The molecule has 0 saturated carbocycles. The van der Waals surface area contributed by atoms with Gasteiger partial charge < -0.3 is 24.5 Å². The second-order valence-electron chi connectivity index (χ2n) is 10.1. The maximum absolute atomic E-state index is 10.9. The van der Waals surface area contributed by atoms with Crippen molar-refractivity contribution in [2.45, 2.75) is 168 Å². The zero-order valence-electron chi connectivity index (χ0n) is 25.4. The maximum Gasteiger partial charge on any atom is 0.334 e. The number of esters is 2. The lowest BCUT2D eigenvalue weighted by molar-refractivity contribution is -0.153. The Kier molecular flexibility index (Phi) is 38.4. The molecule has 0 amide bonds. The number of aliphatic hydroxyl groups is 2. The summed E-state index contributed by atoms with van der Waals surface area (Å²) in [6, 6.07) is 0. The maximum atomic E-state index is 10.9. The number of carbonyl (C=O) groups excluding carboxylic acids is 3. The van der Waals surface area contributed by atoms with Crippen LogP contribution >= 0.6 is 0 Å². The third-order valence-corrected chi connectivity index (χ3v) is 6.17. The highest BCUT2D eigenvalue weighted by Gasteiger charge is 2.09. The van der Waals surface area contributed by atoms with Gasteiger partial charge in [-0.3, -0.25) is 0 Å². The molecule has 0 aromatic carbocycles. The molecule has 2 N–H and O–H groups in total. The van der Waals surface area contributed by atoms with Gasteiger partial charge in [-0.05, 0) is 26.7 Å². The number of unbranched alkanes of at least 4 members (excludes halogenated alkanes) is 18. The number of hydrogen-bond acceptors (Lipinski definition) is 7. The highest BCUT2D eigenvalue weighted by molar-refractivity contribution is 5.74. The van der Waals surface area contributed by atoms with Crippen molar-refractivity contribution >= 4 is 18.7 Å². The van der Waals surface area contributed by atoms with Crippen molar-refractivity contribution in [3.8, 4) is 0 Å². The van der Waals surface area contributed by atoms with Gasteiger partial charge in [-0.1, -0.05) is 129 Å². The van der Waals surface area contributed by atoms with Crippen molar-refractivity contribution in [3.05, 3.63) is 0 Å². The topological polar surface area (TPSA) is 110 Å². The smallest absolute Gasteiger partial charge is 0.334 e. The van der Waals surface area contributed by atoms with E-state index in [0.29, 0.717) is 13.2 Å². The van der Waals surface area contributed by atoms with Gasteiger partial charge in [-0.25, -0.2) is 9.59 Å². The van der Waals surface area contributed by atoms with Gasteiger partial charge in [0.05, 0.1) is 13.2 Å². The molecule has 0 fully saturated rings. The van der Waals surface area contributed by atoms with Gasteiger partial charge in [-0.15, -0.1) is 0 Å². The normalized spacial score (nSPS) is 11.8. The van der Waals surface area contributed by atoms with Crippen molar-refractivity contribution in [2.75, 3.05) is 13.2 Å². The average molecular weight is 547 g/mol. The van der Waals surface area contributed by atoms with Crippen molar-refractivity contribution < 1.29 is 34.1 Å². The Balaban J connectivity index is -0.000000605. The van der Waals surface area contributed by atoms with Gasteiger partial charge in [0.1, 0.15) is 19.0 Å². The fourth-order valence-electron chi connectivity index (χ4n) is 3.77. The van der Waals surface area contributed by atoms with E-state index in [1.54, 1.807) is 0 Å². The van der Waals surface area contributed by atoms with E-state index in [1.807, 2.05) is 6.79 Å². The Morgan fingerprint density at radius 2 is 0.711 bits per heavy atom. The van der Waals surface area contributed by atoms with Gasteiger partial charge in [-0.2, -0.15) is 0 Å². The first-order chi connectivity index (χ1) is 18.4. The van der Waals surface area contributed by atoms with Crippen LogP contribution in [-0.2, 0) is 23.9 Å². The van der Waals surface area contributed by atoms with Crippen molar-refractivity contribution in [2.24, 2.45) is 0 Å². The number of hydrogen-bond donors (Lipinski definition) is 2. The first kappa shape index (κ1) is 41.0. The van der Waals surface area contributed by atoms with Crippen LogP contribution in [0.1, 0.15) is 156 Å². The summed E-state index contributed by atoms with van der Waals surface area (Å²) in [6.45, 7) is 10.2. The zero-order valence-corrected chi connectivity index (χ0v) is 25.4. The largest absolute Gasteiger partial charge is 0.464 e. The summed E-state index contributed by atoms with van der Waals surface area (Å²) in [6.07, 6.45) is 23.3. The van der Waals surface area contributed by atoms with Gasteiger partial charge >= 0.3 is 11.9 Å². The minimum atomic E-state index is -0.992. The molecule has 2 atom stereocenters. The zero-order chi connectivity index (χ0) is 29.3. The van der Waals surface area contributed by atoms with Crippen LogP contribution < -0.4 is 0 Å². The van der Waals surface area contributed by atoms with Crippen LogP contribution in [0.2, 0.25) is 0 Å². The molecule has 0 bridgehead atoms. The molecule has 0 radical (unpaired) electrons. The monoisotopic (exact) mass is 546 g/mol. The molecule has 0 heterocycles.